The van der Waals surface area contributed by atoms with E-state index < -0.39 is 0 Å². The summed E-state index contributed by atoms with van der Waals surface area (Å²) in [5, 5.41) is 9.55. The van der Waals surface area contributed by atoms with E-state index in [-0.39, 0.29) is 6.61 Å². The van der Waals surface area contributed by atoms with Crippen molar-refractivity contribution in [3.05, 3.63) is 89.7 Å². The maximum absolute atomic E-state index is 9.55. The van der Waals surface area contributed by atoms with E-state index in [1.54, 1.807) is 0 Å². The van der Waals surface area contributed by atoms with Gasteiger partial charge in [0.25, 0.3) is 0 Å². The Bertz CT molecular complexity index is 886. The van der Waals surface area contributed by atoms with Crippen molar-refractivity contribution < 1.29 is 5.11 Å². The molecule has 1 saturated heterocycles. The molecule has 0 bridgehead atoms. The van der Waals surface area contributed by atoms with Crippen LogP contribution in [0.3, 0.4) is 0 Å². The molecule has 0 radical (unpaired) electrons. The Labute approximate surface area is 167 Å². The molecule has 1 N–H and O–H groups in total. The Morgan fingerprint density at radius 3 is 2.43 bits per heavy atom. The van der Waals surface area contributed by atoms with Crippen LogP contribution in [0.4, 0.5) is 0 Å². The number of aliphatic hydroxyl groups excluding tert-OH is 1. The molecule has 4 rings (SSSR count). The number of nitrogens with zero attached hydrogens (tertiary/aromatic N) is 2. The van der Waals surface area contributed by atoms with Crippen LogP contribution in [0.25, 0.3) is 11.1 Å². The quantitative estimate of drug-likeness (QED) is 0.682. The summed E-state index contributed by atoms with van der Waals surface area (Å²) in [6, 6.07) is 21.2. The fraction of sp³-hybridized carbons (Fsp3) is 0.320. The zero-order chi connectivity index (χ0) is 19.2. The summed E-state index contributed by atoms with van der Waals surface area (Å²) in [6.07, 6.45) is 7.27. The second kappa shape index (κ2) is 9.13. The van der Waals surface area contributed by atoms with E-state index in [2.05, 4.69) is 52.3 Å². The number of pyridine rings is 1. The largest absolute Gasteiger partial charge is 0.392 e. The van der Waals surface area contributed by atoms with Crippen molar-refractivity contribution >= 4 is 0 Å². The van der Waals surface area contributed by atoms with Crippen LogP contribution in [0.1, 0.15) is 29.5 Å². The summed E-state index contributed by atoms with van der Waals surface area (Å²) in [4.78, 5) is 6.80. The smallest absolute Gasteiger partial charge is 0.0684 e. The second-order valence-electron chi connectivity index (χ2n) is 7.79. The van der Waals surface area contributed by atoms with Gasteiger partial charge < -0.3 is 5.11 Å². The van der Waals surface area contributed by atoms with E-state index in [4.69, 9.17) is 0 Å². The van der Waals surface area contributed by atoms with Crippen molar-refractivity contribution in [1.29, 1.82) is 0 Å². The molecule has 3 aromatic rings. The first-order chi connectivity index (χ1) is 13.8. The Kier molecular flexibility index (Phi) is 6.15. The van der Waals surface area contributed by atoms with E-state index in [0.717, 1.165) is 31.6 Å². The molecule has 1 aliphatic heterocycles. The summed E-state index contributed by atoms with van der Waals surface area (Å²) in [5.74, 6) is 0.714. The Morgan fingerprint density at radius 2 is 1.68 bits per heavy atom. The van der Waals surface area contributed by atoms with Gasteiger partial charge in [-0.05, 0) is 78.2 Å². The lowest BCUT2D eigenvalue weighted by atomic mass is 9.88. The minimum Gasteiger partial charge on any atom is -0.392 e. The highest BCUT2D eigenvalue weighted by Crippen LogP contribution is 2.25. The SMILES string of the molecule is OCc1ccccc1CC1CCN(Cc2cccc(-c3cccnc3)c2)CC1. The van der Waals surface area contributed by atoms with Gasteiger partial charge in [-0.15, -0.1) is 0 Å². The topological polar surface area (TPSA) is 36.4 Å². The number of likely N-dealkylation sites (tertiary alicyclic amines) is 1. The summed E-state index contributed by atoms with van der Waals surface area (Å²) in [7, 11) is 0. The number of rotatable bonds is 6. The molecule has 1 aromatic heterocycles. The van der Waals surface area contributed by atoms with E-state index in [1.807, 2.05) is 30.6 Å². The molecule has 2 aromatic carbocycles. The second-order valence-corrected chi connectivity index (χ2v) is 7.79. The molecule has 0 amide bonds. The van der Waals surface area contributed by atoms with Gasteiger partial charge in [0.05, 0.1) is 6.61 Å². The van der Waals surface area contributed by atoms with Gasteiger partial charge in [0.2, 0.25) is 0 Å². The third-order valence-electron chi connectivity index (χ3n) is 5.83. The van der Waals surface area contributed by atoms with Gasteiger partial charge in [-0.2, -0.15) is 0 Å². The number of hydrogen-bond acceptors (Lipinski definition) is 3. The van der Waals surface area contributed by atoms with Gasteiger partial charge in [0.15, 0.2) is 0 Å². The van der Waals surface area contributed by atoms with Gasteiger partial charge in [-0.3, -0.25) is 9.88 Å². The highest BCUT2D eigenvalue weighted by Gasteiger charge is 2.20. The fourth-order valence-corrected chi connectivity index (χ4v) is 4.21. The molecule has 3 nitrogen and oxygen atoms in total. The van der Waals surface area contributed by atoms with Gasteiger partial charge >= 0.3 is 0 Å². The van der Waals surface area contributed by atoms with Crippen molar-refractivity contribution in [1.82, 2.24) is 9.88 Å². The molecule has 0 saturated carbocycles. The van der Waals surface area contributed by atoms with Crippen LogP contribution < -0.4 is 0 Å². The molecule has 0 atom stereocenters. The van der Waals surface area contributed by atoms with E-state index in [9.17, 15) is 5.11 Å². The predicted octanol–water partition coefficient (Wildman–Crippen LogP) is 4.70. The lowest BCUT2D eigenvalue weighted by Crippen LogP contribution is -2.34. The van der Waals surface area contributed by atoms with Crippen LogP contribution in [-0.2, 0) is 19.6 Å². The third kappa shape index (κ3) is 4.67. The molecular formula is C25H28N2O. The van der Waals surface area contributed by atoms with E-state index in [1.165, 1.54) is 35.1 Å². The number of aromatic nitrogens is 1. The summed E-state index contributed by atoms with van der Waals surface area (Å²) in [6.45, 7) is 3.43. The molecule has 0 aliphatic carbocycles. The molecule has 0 unspecified atom stereocenters. The zero-order valence-electron chi connectivity index (χ0n) is 16.3. The molecule has 3 heteroatoms. The predicted molar refractivity (Wildman–Crippen MR) is 114 cm³/mol. The Balaban J connectivity index is 1.34. The summed E-state index contributed by atoms with van der Waals surface area (Å²) in [5.41, 5.74) is 6.17. The van der Waals surface area contributed by atoms with Crippen LogP contribution >= 0.6 is 0 Å². The first kappa shape index (κ1) is 18.9. The monoisotopic (exact) mass is 372 g/mol. The van der Waals surface area contributed by atoms with Gasteiger partial charge in [-0.1, -0.05) is 48.5 Å². The van der Waals surface area contributed by atoms with E-state index >= 15 is 0 Å². The molecule has 0 spiro atoms. The maximum Gasteiger partial charge on any atom is 0.0684 e. The third-order valence-corrected chi connectivity index (χ3v) is 5.83. The number of hydrogen-bond donors (Lipinski definition) is 1. The highest BCUT2D eigenvalue weighted by molar-refractivity contribution is 5.62. The molecule has 28 heavy (non-hydrogen) atoms. The van der Waals surface area contributed by atoms with Crippen molar-refractivity contribution in [3.63, 3.8) is 0 Å². The maximum atomic E-state index is 9.55. The first-order valence-corrected chi connectivity index (χ1v) is 10.2. The fourth-order valence-electron chi connectivity index (χ4n) is 4.21. The van der Waals surface area contributed by atoms with Crippen molar-refractivity contribution in [2.75, 3.05) is 13.1 Å². The molecular weight excluding hydrogens is 344 g/mol. The Morgan fingerprint density at radius 1 is 0.893 bits per heavy atom. The Hall–Kier alpha value is -2.49. The first-order valence-electron chi connectivity index (χ1n) is 10.2. The van der Waals surface area contributed by atoms with Gasteiger partial charge in [0.1, 0.15) is 0 Å². The van der Waals surface area contributed by atoms with Crippen LogP contribution in [-0.4, -0.2) is 28.1 Å². The van der Waals surface area contributed by atoms with Crippen molar-refractivity contribution in [2.45, 2.75) is 32.4 Å². The lowest BCUT2D eigenvalue weighted by molar-refractivity contribution is 0.176. The summed E-state index contributed by atoms with van der Waals surface area (Å²) >= 11 is 0. The minimum absolute atomic E-state index is 0.141. The lowest BCUT2D eigenvalue weighted by Gasteiger charge is -2.32. The molecule has 144 valence electrons. The summed E-state index contributed by atoms with van der Waals surface area (Å²) < 4.78 is 0. The van der Waals surface area contributed by atoms with E-state index in [0.29, 0.717) is 5.92 Å². The number of benzene rings is 2. The normalized spacial score (nSPS) is 15.6. The molecule has 1 aliphatic rings. The van der Waals surface area contributed by atoms with Gasteiger partial charge in [-0.25, -0.2) is 0 Å². The zero-order valence-corrected chi connectivity index (χ0v) is 16.3. The minimum atomic E-state index is 0.141. The van der Waals surface area contributed by atoms with Crippen LogP contribution in [0.5, 0.6) is 0 Å². The van der Waals surface area contributed by atoms with Gasteiger partial charge in [0, 0.05) is 18.9 Å². The number of aliphatic hydroxyl groups is 1. The average molecular weight is 373 g/mol. The number of piperidine rings is 1. The molecule has 1 fully saturated rings. The van der Waals surface area contributed by atoms with Crippen LogP contribution in [0.15, 0.2) is 73.1 Å². The average Bonchev–Trinajstić information content (AvgIpc) is 2.76. The molecule has 2 heterocycles. The van der Waals surface area contributed by atoms with Crippen LogP contribution in [0.2, 0.25) is 0 Å². The van der Waals surface area contributed by atoms with Crippen molar-refractivity contribution in [2.24, 2.45) is 5.92 Å². The van der Waals surface area contributed by atoms with Crippen molar-refractivity contribution in [3.8, 4) is 11.1 Å². The standard InChI is InChI=1S/C25H28N2O/c28-19-25-7-2-1-6-23(25)15-20-10-13-27(14-11-20)18-21-5-3-8-22(16-21)24-9-4-12-26-17-24/h1-9,12,16-17,20,28H,10-11,13-15,18-19H2. The highest BCUT2D eigenvalue weighted by atomic mass is 16.3. The van der Waals surface area contributed by atoms with Crippen LogP contribution in [0, 0.1) is 5.92 Å².